The summed E-state index contributed by atoms with van der Waals surface area (Å²) in [6.07, 6.45) is 2.32. The SMILES string of the molecule is CCNC(=NCC(O)Cc1ccccc1)NC1CCN(Cc2ccccc2)C(C)C1.I. The molecule has 1 saturated heterocycles. The van der Waals surface area contributed by atoms with Crippen LogP contribution in [0.1, 0.15) is 37.8 Å². The van der Waals surface area contributed by atoms with Crippen LogP contribution < -0.4 is 10.6 Å². The number of nitrogens with one attached hydrogen (secondary N) is 2. The Balaban J connectivity index is 0.00000341. The minimum absolute atomic E-state index is 0. The van der Waals surface area contributed by atoms with E-state index in [1.807, 2.05) is 30.3 Å². The number of aliphatic hydroxyl groups excluding tert-OH is 1. The fraction of sp³-hybridized carbons (Fsp3) is 0.480. The summed E-state index contributed by atoms with van der Waals surface area (Å²) in [4.78, 5) is 7.20. The summed E-state index contributed by atoms with van der Waals surface area (Å²) in [5, 5.41) is 17.3. The van der Waals surface area contributed by atoms with Gasteiger partial charge in [0, 0.05) is 38.1 Å². The van der Waals surface area contributed by atoms with Crippen molar-refractivity contribution in [2.24, 2.45) is 4.99 Å². The first-order valence-electron chi connectivity index (χ1n) is 11.2. The Morgan fingerprint density at radius 2 is 1.74 bits per heavy atom. The molecule has 0 aromatic heterocycles. The third-order valence-electron chi connectivity index (χ3n) is 5.70. The Kier molecular flexibility index (Phi) is 11.3. The van der Waals surface area contributed by atoms with Gasteiger partial charge in [0.15, 0.2) is 5.96 Å². The standard InChI is InChI=1S/C25H36N4O.HI/c1-3-26-25(27-18-24(30)17-21-10-6-4-7-11-21)28-23-14-15-29(20(2)16-23)19-22-12-8-5-9-13-22;/h4-13,20,23-24,30H,3,14-19H2,1-2H3,(H2,26,27,28);1H. The topological polar surface area (TPSA) is 59.9 Å². The van der Waals surface area contributed by atoms with Crippen LogP contribution in [0.3, 0.4) is 0 Å². The van der Waals surface area contributed by atoms with Gasteiger partial charge in [0.05, 0.1) is 12.6 Å². The Morgan fingerprint density at radius 1 is 1.10 bits per heavy atom. The van der Waals surface area contributed by atoms with E-state index in [0.29, 0.717) is 25.0 Å². The minimum atomic E-state index is -0.477. The highest BCUT2D eigenvalue weighted by molar-refractivity contribution is 14.0. The summed E-state index contributed by atoms with van der Waals surface area (Å²) in [5.41, 5.74) is 2.51. The van der Waals surface area contributed by atoms with E-state index in [9.17, 15) is 5.11 Å². The molecule has 3 unspecified atom stereocenters. The number of hydrogen-bond acceptors (Lipinski definition) is 3. The third kappa shape index (κ3) is 8.79. The lowest BCUT2D eigenvalue weighted by Crippen LogP contribution is -2.51. The zero-order chi connectivity index (χ0) is 21.2. The van der Waals surface area contributed by atoms with Gasteiger partial charge in [-0.3, -0.25) is 9.89 Å². The van der Waals surface area contributed by atoms with Gasteiger partial charge >= 0.3 is 0 Å². The van der Waals surface area contributed by atoms with Gasteiger partial charge in [-0.2, -0.15) is 0 Å². The minimum Gasteiger partial charge on any atom is -0.391 e. The smallest absolute Gasteiger partial charge is 0.191 e. The molecule has 1 aliphatic rings. The van der Waals surface area contributed by atoms with Gasteiger partial charge < -0.3 is 15.7 Å². The molecule has 170 valence electrons. The number of piperidine rings is 1. The third-order valence-corrected chi connectivity index (χ3v) is 5.70. The molecule has 1 aliphatic heterocycles. The summed E-state index contributed by atoms with van der Waals surface area (Å²) >= 11 is 0. The Labute approximate surface area is 204 Å². The molecule has 31 heavy (non-hydrogen) atoms. The van der Waals surface area contributed by atoms with Crippen molar-refractivity contribution in [3.63, 3.8) is 0 Å². The maximum Gasteiger partial charge on any atom is 0.191 e. The van der Waals surface area contributed by atoms with E-state index >= 15 is 0 Å². The molecule has 3 rings (SSSR count). The molecule has 2 aromatic rings. The highest BCUT2D eigenvalue weighted by atomic mass is 127. The first-order valence-corrected chi connectivity index (χ1v) is 11.2. The van der Waals surface area contributed by atoms with Crippen LogP contribution in [0.2, 0.25) is 0 Å². The predicted molar refractivity (Wildman–Crippen MR) is 140 cm³/mol. The number of nitrogens with zero attached hydrogens (tertiary/aromatic N) is 2. The van der Waals surface area contributed by atoms with Crippen molar-refractivity contribution in [1.82, 2.24) is 15.5 Å². The van der Waals surface area contributed by atoms with Crippen LogP contribution >= 0.6 is 24.0 Å². The van der Waals surface area contributed by atoms with E-state index in [1.165, 1.54) is 5.56 Å². The molecule has 0 saturated carbocycles. The van der Waals surface area contributed by atoms with Gasteiger partial charge in [-0.05, 0) is 37.8 Å². The van der Waals surface area contributed by atoms with Crippen molar-refractivity contribution in [3.05, 3.63) is 71.8 Å². The van der Waals surface area contributed by atoms with Crippen molar-refractivity contribution >= 4 is 29.9 Å². The van der Waals surface area contributed by atoms with Gasteiger partial charge in [-0.1, -0.05) is 60.7 Å². The molecule has 0 spiro atoms. The molecule has 2 aromatic carbocycles. The van der Waals surface area contributed by atoms with Crippen LogP contribution in [-0.4, -0.2) is 53.8 Å². The van der Waals surface area contributed by atoms with Gasteiger partial charge in [0.1, 0.15) is 0 Å². The number of rotatable bonds is 8. The van der Waals surface area contributed by atoms with E-state index in [-0.39, 0.29) is 24.0 Å². The Morgan fingerprint density at radius 3 is 2.35 bits per heavy atom. The molecular formula is C25H37IN4O. The van der Waals surface area contributed by atoms with Crippen molar-refractivity contribution in [2.75, 3.05) is 19.6 Å². The summed E-state index contributed by atoms with van der Waals surface area (Å²) in [7, 11) is 0. The summed E-state index contributed by atoms with van der Waals surface area (Å²) in [6, 6.07) is 21.7. The second-order valence-corrected chi connectivity index (χ2v) is 8.23. The molecule has 6 heteroatoms. The largest absolute Gasteiger partial charge is 0.391 e. The first kappa shape index (κ1) is 25.6. The number of likely N-dealkylation sites (tertiary alicyclic amines) is 1. The molecule has 3 N–H and O–H groups in total. The quantitative estimate of drug-likeness (QED) is 0.273. The van der Waals surface area contributed by atoms with Crippen molar-refractivity contribution in [1.29, 1.82) is 0 Å². The van der Waals surface area contributed by atoms with E-state index in [0.717, 1.165) is 44.0 Å². The zero-order valence-corrected chi connectivity index (χ0v) is 21.0. The van der Waals surface area contributed by atoms with Crippen LogP contribution in [0.5, 0.6) is 0 Å². The molecule has 0 aliphatic carbocycles. The number of aliphatic imine (C=N–C) groups is 1. The molecule has 1 fully saturated rings. The summed E-state index contributed by atoms with van der Waals surface area (Å²) in [6.45, 7) is 7.67. The number of guanidine groups is 1. The van der Waals surface area contributed by atoms with E-state index in [4.69, 9.17) is 0 Å². The molecule has 0 bridgehead atoms. The molecule has 0 amide bonds. The highest BCUT2D eigenvalue weighted by Gasteiger charge is 2.26. The number of hydrogen-bond donors (Lipinski definition) is 3. The second kappa shape index (κ2) is 13.7. The monoisotopic (exact) mass is 536 g/mol. The van der Waals surface area contributed by atoms with Crippen molar-refractivity contribution in [2.45, 2.75) is 57.8 Å². The van der Waals surface area contributed by atoms with E-state index in [2.05, 4.69) is 64.7 Å². The Bertz CT molecular complexity index is 772. The number of benzene rings is 2. The number of aliphatic hydroxyl groups is 1. The lowest BCUT2D eigenvalue weighted by molar-refractivity contribution is 0.134. The molecule has 1 heterocycles. The number of halogens is 1. The van der Waals surface area contributed by atoms with Crippen molar-refractivity contribution < 1.29 is 5.11 Å². The van der Waals surface area contributed by atoms with E-state index in [1.54, 1.807) is 0 Å². The van der Waals surface area contributed by atoms with Gasteiger partial charge in [-0.25, -0.2) is 0 Å². The zero-order valence-electron chi connectivity index (χ0n) is 18.7. The molecule has 3 atom stereocenters. The van der Waals surface area contributed by atoms with Gasteiger partial charge in [0.2, 0.25) is 0 Å². The Hall–Kier alpha value is -1.64. The highest BCUT2D eigenvalue weighted by Crippen LogP contribution is 2.20. The van der Waals surface area contributed by atoms with Crippen LogP contribution in [0.25, 0.3) is 0 Å². The first-order chi connectivity index (χ1) is 14.6. The van der Waals surface area contributed by atoms with Gasteiger partial charge in [0.25, 0.3) is 0 Å². The average molecular weight is 537 g/mol. The normalized spacial score (nSPS) is 20.5. The molecule has 5 nitrogen and oxygen atoms in total. The second-order valence-electron chi connectivity index (χ2n) is 8.23. The fourth-order valence-electron chi connectivity index (χ4n) is 4.07. The van der Waals surface area contributed by atoms with E-state index < -0.39 is 6.10 Å². The predicted octanol–water partition coefficient (Wildman–Crippen LogP) is 3.82. The van der Waals surface area contributed by atoms with Crippen LogP contribution in [-0.2, 0) is 13.0 Å². The maximum absolute atomic E-state index is 10.4. The molecular weight excluding hydrogens is 499 g/mol. The summed E-state index contributed by atoms with van der Waals surface area (Å²) < 4.78 is 0. The average Bonchev–Trinajstić information content (AvgIpc) is 2.76. The van der Waals surface area contributed by atoms with Crippen LogP contribution in [0.4, 0.5) is 0 Å². The lowest BCUT2D eigenvalue weighted by atomic mass is 9.97. The van der Waals surface area contributed by atoms with Crippen LogP contribution in [0.15, 0.2) is 65.7 Å². The summed E-state index contributed by atoms with van der Waals surface area (Å²) in [5.74, 6) is 0.804. The molecule has 0 radical (unpaired) electrons. The van der Waals surface area contributed by atoms with Crippen LogP contribution in [0, 0.1) is 0 Å². The van der Waals surface area contributed by atoms with Crippen molar-refractivity contribution in [3.8, 4) is 0 Å². The lowest BCUT2D eigenvalue weighted by Gasteiger charge is -2.38. The fourth-order valence-corrected chi connectivity index (χ4v) is 4.07. The van der Waals surface area contributed by atoms with Gasteiger partial charge in [-0.15, -0.1) is 24.0 Å². The maximum atomic E-state index is 10.4.